The molecule has 3 nitrogen and oxygen atoms in total. The number of benzene rings is 9. The van der Waals surface area contributed by atoms with Gasteiger partial charge in [0.05, 0.1) is 22.1 Å². The molecule has 0 fully saturated rings. The maximum absolute atomic E-state index is 2.43. The summed E-state index contributed by atoms with van der Waals surface area (Å²) in [7, 11) is 0. The van der Waals surface area contributed by atoms with E-state index in [1.54, 1.807) is 0 Å². The Balaban J connectivity index is 0.860. The zero-order valence-electron chi connectivity index (χ0n) is 32.3. The van der Waals surface area contributed by atoms with Crippen LogP contribution in [-0.2, 0) is 12.8 Å². The van der Waals surface area contributed by atoms with Crippen molar-refractivity contribution in [1.82, 2.24) is 9.13 Å². The summed E-state index contributed by atoms with van der Waals surface area (Å²) in [6.45, 7) is 0. The highest BCUT2D eigenvalue weighted by molar-refractivity contribution is 6.10. The minimum absolute atomic E-state index is 0.903. The van der Waals surface area contributed by atoms with Crippen LogP contribution in [0.25, 0.3) is 77.2 Å². The molecule has 0 bridgehead atoms. The van der Waals surface area contributed by atoms with Crippen LogP contribution < -0.4 is 4.90 Å². The lowest BCUT2D eigenvalue weighted by Crippen LogP contribution is -2.10. The van der Waals surface area contributed by atoms with Crippen molar-refractivity contribution >= 4 is 60.7 Å². The van der Waals surface area contributed by atoms with E-state index in [0.717, 1.165) is 18.5 Å². The second-order valence-electron chi connectivity index (χ2n) is 16.1. The van der Waals surface area contributed by atoms with Gasteiger partial charge in [0.1, 0.15) is 0 Å². The average molecular weight is 752 g/mol. The molecule has 0 radical (unpaired) electrons. The Morgan fingerprint density at radius 1 is 0.288 bits per heavy atom. The Hall–Kier alpha value is -7.62. The summed E-state index contributed by atoms with van der Waals surface area (Å²) in [5, 5.41) is 5.16. The fourth-order valence-electron chi connectivity index (χ4n) is 10.3. The van der Waals surface area contributed by atoms with E-state index in [1.807, 2.05) is 0 Å². The van der Waals surface area contributed by atoms with Gasteiger partial charge in [-0.2, -0.15) is 0 Å². The molecule has 0 atom stereocenters. The Morgan fingerprint density at radius 3 is 1.03 bits per heavy atom. The molecule has 0 N–H and O–H groups in total. The molecule has 0 amide bonds. The molecule has 3 heteroatoms. The molecule has 2 aliphatic carbocycles. The fourth-order valence-corrected chi connectivity index (χ4v) is 10.3. The first-order valence-electron chi connectivity index (χ1n) is 20.6. The van der Waals surface area contributed by atoms with Crippen molar-refractivity contribution in [2.75, 3.05) is 4.90 Å². The summed E-state index contributed by atoms with van der Waals surface area (Å²) in [6.07, 6.45) is 1.81. The Morgan fingerprint density at radius 2 is 0.627 bits per heavy atom. The lowest BCUT2D eigenvalue weighted by Gasteiger charge is -2.26. The van der Waals surface area contributed by atoms with E-state index < -0.39 is 0 Å². The van der Waals surface area contributed by atoms with E-state index in [9.17, 15) is 0 Å². The number of rotatable bonds is 5. The summed E-state index contributed by atoms with van der Waals surface area (Å²) in [6, 6.07) is 74.1. The molecule has 276 valence electrons. The number of aromatic nitrogens is 2. The molecule has 2 aromatic heterocycles. The number of hydrogen-bond donors (Lipinski definition) is 0. The highest BCUT2D eigenvalue weighted by Crippen LogP contribution is 2.46. The molecule has 9 aromatic carbocycles. The second kappa shape index (κ2) is 12.4. The van der Waals surface area contributed by atoms with E-state index >= 15 is 0 Å². The van der Waals surface area contributed by atoms with E-state index in [1.165, 1.54) is 111 Å². The van der Waals surface area contributed by atoms with Gasteiger partial charge in [0.2, 0.25) is 0 Å². The van der Waals surface area contributed by atoms with Crippen LogP contribution in [0.3, 0.4) is 0 Å². The Kier molecular flexibility index (Phi) is 6.84. The number of fused-ring (bicyclic) bond motifs is 12. The Bertz CT molecular complexity index is 3190. The SMILES string of the molecule is c1ccc(N(c2ccc3c(c2)Cc2cc(-n4c5ccccc5c5ccccc54)ccc2-3)c2ccc3c(c2)Cc2cc(-n4c5ccccc5c5ccccc54)ccc2-3)cc1. The predicted octanol–water partition coefficient (Wildman–Crippen LogP) is 14.5. The van der Waals surface area contributed by atoms with Crippen LogP contribution in [0.15, 0.2) is 200 Å². The average Bonchev–Trinajstić information content (AvgIpc) is 4.03. The molecule has 2 heterocycles. The van der Waals surface area contributed by atoms with Crippen LogP contribution in [0.1, 0.15) is 22.3 Å². The third-order valence-electron chi connectivity index (χ3n) is 12.9. The van der Waals surface area contributed by atoms with Crippen molar-refractivity contribution in [3.05, 3.63) is 222 Å². The monoisotopic (exact) mass is 751 g/mol. The van der Waals surface area contributed by atoms with Crippen molar-refractivity contribution in [2.24, 2.45) is 0 Å². The van der Waals surface area contributed by atoms with Gasteiger partial charge in [0, 0.05) is 50.0 Å². The van der Waals surface area contributed by atoms with E-state index in [0.29, 0.717) is 0 Å². The molecule has 59 heavy (non-hydrogen) atoms. The first-order valence-corrected chi connectivity index (χ1v) is 20.6. The molecule has 11 aromatic rings. The summed E-state index contributed by atoms with van der Waals surface area (Å²) >= 11 is 0. The molecule has 0 saturated carbocycles. The lowest BCUT2D eigenvalue weighted by molar-refractivity contribution is 1.16. The standard InChI is InChI=1S/C56H37N3/c1-2-12-40(13-3-1)57(41-22-26-45-36(32-41)30-38-34-43(24-28-47(38)45)58-53-18-8-4-14-49(53)50-15-5-9-19-54(50)58)42-23-27-46-37(33-42)31-39-35-44(25-29-48(39)46)59-55-20-10-6-16-51(55)52-17-7-11-21-56(52)59/h1-29,32-35H,30-31H2. The first kappa shape index (κ1) is 32.5. The third kappa shape index (κ3) is 4.82. The van der Waals surface area contributed by atoms with Gasteiger partial charge in [-0.1, -0.05) is 115 Å². The van der Waals surface area contributed by atoms with E-state index in [-0.39, 0.29) is 0 Å². The number of para-hydroxylation sites is 5. The third-order valence-corrected chi connectivity index (χ3v) is 12.9. The van der Waals surface area contributed by atoms with Gasteiger partial charge in [0.25, 0.3) is 0 Å². The maximum Gasteiger partial charge on any atom is 0.0541 e. The Labute approximate surface area is 342 Å². The van der Waals surface area contributed by atoms with Crippen LogP contribution in [0.2, 0.25) is 0 Å². The van der Waals surface area contributed by atoms with Gasteiger partial charge < -0.3 is 14.0 Å². The molecular weight excluding hydrogens is 715 g/mol. The van der Waals surface area contributed by atoms with Crippen molar-refractivity contribution < 1.29 is 0 Å². The molecule has 0 unspecified atom stereocenters. The summed E-state index contributed by atoms with van der Waals surface area (Å²) in [5.74, 6) is 0. The molecule has 0 saturated heterocycles. The van der Waals surface area contributed by atoms with Crippen LogP contribution >= 0.6 is 0 Å². The highest BCUT2D eigenvalue weighted by atomic mass is 15.1. The van der Waals surface area contributed by atoms with Crippen LogP contribution in [0.5, 0.6) is 0 Å². The molecule has 2 aliphatic rings. The molecular formula is C56H37N3. The number of hydrogen-bond acceptors (Lipinski definition) is 1. The van der Waals surface area contributed by atoms with Gasteiger partial charge in [0.15, 0.2) is 0 Å². The molecule has 0 spiro atoms. The van der Waals surface area contributed by atoms with Gasteiger partial charge in [-0.15, -0.1) is 0 Å². The molecule has 13 rings (SSSR count). The quantitative estimate of drug-likeness (QED) is 0.171. The minimum atomic E-state index is 0.903. The maximum atomic E-state index is 2.43. The topological polar surface area (TPSA) is 13.1 Å². The van der Waals surface area contributed by atoms with Crippen LogP contribution in [0.4, 0.5) is 17.1 Å². The molecule has 0 aliphatic heterocycles. The lowest BCUT2D eigenvalue weighted by atomic mass is 10.0. The second-order valence-corrected chi connectivity index (χ2v) is 16.1. The van der Waals surface area contributed by atoms with Gasteiger partial charge in [-0.3, -0.25) is 0 Å². The van der Waals surface area contributed by atoms with Crippen molar-refractivity contribution in [3.63, 3.8) is 0 Å². The summed E-state index contributed by atoms with van der Waals surface area (Å²) in [5.41, 5.74) is 21.7. The van der Waals surface area contributed by atoms with E-state index in [4.69, 9.17) is 0 Å². The van der Waals surface area contributed by atoms with Crippen molar-refractivity contribution in [3.8, 4) is 33.6 Å². The van der Waals surface area contributed by atoms with Crippen molar-refractivity contribution in [1.29, 1.82) is 0 Å². The van der Waals surface area contributed by atoms with Gasteiger partial charge in [-0.25, -0.2) is 0 Å². The van der Waals surface area contributed by atoms with E-state index in [2.05, 4.69) is 214 Å². The zero-order chi connectivity index (χ0) is 38.6. The fraction of sp³-hybridized carbons (Fsp3) is 0.0357. The largest absolute Gasteiger partial charge is 0.310 e. The predicted molar refractivity (Wildman–Crippen MR) is 246 cm³/mol. The van der Waals surface area contributed by atoms with Crippen molar-refractivity contribution in [2.45, 2.75) is 12.8 Å². The summed E-state index contributed by atoms with van der Waals surface area (Å²) in [4.78, 5) is 2.43. The smallest absolute Gasteiger partial charge is 0.0541 e. The normalized spacial score (nSPS) is 12.6. The number of anilines is 3. The number of nitrogens with zero attached hydrogens (tertiary/aromatic N) is 3. The summed E-state index contributed by atoms with van der Waals surface area (Å²) < 4.78 is 4.85. The van der Waals surface area contributed by atoms with Gasteiger partial charge in [-0.05, 0) is 142 Å². The van der Waals surface area contributed by atoms with Gasteiger partial charge >= 0.3 is 0 Å². The first-order chi connectivity index (χ1) is 29.2. The zero-order valence-corrected chi connectivity index (χ0v) is 32.3. The van der Waals surface area contributed by atoms with Crippen LogP contribution in [0, 0.1) is 0 Å². The highest BCUT2D eigenvalue weighted by Gasteiger charge is 2.25. The van der Waals surface area contributed by atoms with Crippen LogP contribution in [-0.4, -0.2) is 9.13 Å². The minimum Gasteiger partial charge on any atom is -0.310 e.